The van der Waals surface area contributed by atoms with E-state index in [9.17, 15) is 15.6 Å². The lowest BCUT2D eigenvalue weighted by Crippen LogP contribution is -2.23. The van der Waals surface area contributed by atoms with Gasteiger partial charge in [0.05, 0.1) is 42.2 Å². The van der Waals surface area contributed by atoms with Gasteiger partial charge in [-0.3, -0.25) is 0 Å². The first-order chi connectivity index (χ1) is 16.2. The van der Waals surface area contributed by atoms with Crippen molar-refractivity contribution in [1.29, 1.82) is 10.5 Å². The van der Waals surface area contributed by atoms with Gasteiger partial charge in [-0.25, -0.2) is 24.6 Å². The Hall–Kier alpha value is -4.61. The molecule has 4 aromatic heterocycles. The van der Waals surface area contributed by atoms with E-state index in [-0.39, 0.29) is 18.2 Å². The summed E-state index contributed by atoms with van der Waals surface area (Å²) in [6.07, 6.45) is 10.6. The number of nitrogens with zero attached hydrogens (tertiary/aromatic N) is 9. The molecule has 0 bridgehead atoms. The number of aliphatic hydroxyl groups excluding tert-OH is 1. The van der Waals surface area contributed by atoms with Crippen molar-refractivity contribution in [1.82, 2.24) is 34.7 Å². The summed E-state index contributed by atoms with van der Waals surface area (Å²) in [5.74, 6) is 0.478. The van der Waals surface area contributed by atoms with Gasteiger partial charge in [0.1, 0.15) is 18.0 Å². The summed E-state index contributed by atoms with van der Waals surface area (Å²) < 4.78 is 1.71. The molecule has 2 N–H and O–H groups in total. The molecule has 1 aliphatic rings. The van der Waals surface area contributed by atoms with Crippen LogP contribution in [0.1, 0.15) is 17.8 Å². The van der Waals surface area contributed by atoms with Gasteiger partial charge in [0.2, 0.25) is 0 Å². The van der Waals surface area contributed by atoms with Crippen LogP contribution in [0.3, 0.4) is 0 Å². The van der Waals surface area contributed by atoms with Gasteiger partial charge in [-0.15, -0.1) is 0 Å². The summed E-state index contributed by atoms with van der Waals surface area (Å²) in [5, 5.41) is 33.5. The molecule has 5 rings (SSSR count). The fourth-order valence-electron chi connectivity index (χ4n) is 4.12. The Morgan fingerprint density at radius 2 is 2.18 bits per heavy atom. The molecular weight excluding hydrogens is 420 g/mol. The van der Waals surface area contributed by atoms with Crippen LogP contribution in [0, 0.1) is 28.6 Å². The summed E-state index contributed by atoms with van der Waals surface area (Å²) in [5.41, 5.74) is 3.60. The predicted molar refractivity (Wildman–Crippen MR) is 118 cm³/mol. The normalized spacial score (nSPS) is 16.2. The molecule has 1 saturated heterocycles. The first-order valence-corrected chi connectivity index (χ1v) is 10.3. The summed E-state index contributed by atoms with van der Waals surface area (Å²) >= 11 is 0. The average molecular weight is 438 g/mol. The molecular formula is C22H18N10O. The van der Waals surface area contributed by atoms with E-state index in [1.807, 2.05) is 23.4 Å². The molecule has 33 heavy (non-hydrogen) atoms. The quantitative estimate of drug-likeness (QED) is 0.444. The number of aromatic amines is 1. The number of rotatable bonds is 5. The van der Waals surface area contributed by atoms with Gasteiger partial charge in [0.25, 0.3) is 0 Å². The fraction of sp³-hybridized carbons (Fsp3) is 0.227. The van der Waals surface area contributed by atoms with Crippen molar-refractivity contribution in [2.24, 2.45) is 5.92 Å². The molecule has 0 radical (unpaired) electrons. The number of allylic oxidation sites excluding steroid dienone is 1. The molecule has 11 nitrogen and oxygen atoms in total. The van der Waals surface area contributed by atoms with Gasteiger partial charge in [-0.05, 0) is 12.5 Å². The zero-order valence-corrected chi connectivity index (χ0v) is 17.4. The van der Waals surface area contributed by atoms with Gasteiger partial charge in [0, 0.05) is 48.4 Å². The SMILES string of the molecule is N#C/C=C(/[C@H]1CCN(c2ncc(CO)nc2C#N)C1)n1cc(-c2ncnc3[nH]ccc23)cn1. The standard InChI is InChI=1S/C22H18N10O/c23-4-1-19(14-3-6-31(10-14)22-18(7-24)30-16(12-33)9-26-22)32-11-15(8-29-32)20-17-2-5-25-21(17)28-13-27-20/h1-2,5,8-9,11,13-14,33H,3,6,10,12H2,(H,25,27,28)/b19-1-/t14-/m0/s1. The number of aliphatic hydroxyl groups is 1. The maximum Gasteiger partial charge on any atom is 0.183 e. The highest BCUT2D eigenvalue weighted by Crippen LogP contribution is 2.32. The first kappa shape index (κ1) is 20.3. The fourth-order valence-corrected chi connectivity index (χ4v) is 4.12. The van der Waals surface area contributed by atoms with Crippen molar-refractivity contribution in [3.05, 3.63) is 54.6 Å². The second kappa shape index (κ2) is 8.49. The van der Waals surface area contributed by atoms with Crippen LogP contribution < -0.4 is 4.90 Å². The number of hydrogen-bond donors (Lipinski definition) is 2. The maximum atomic E-state index is 9.46. The van der Waals surface area contributed by atoms with E-state index in [1.54, 1.807) is 10.9 Å². The van der Waals surface area contributed by atoms with Crippen molar-refractivity contribution < 1.29 is 5.11 Å². The number of hydrogen-bond acceptors (Lipinski definition) is 9. The Balaban J connectivity index is 1.43. The summed E-state index contributed by atoms with van der Waals surface area (Å²) in [6.45, 7) is 0.933. The van der Waals surface area contributed by atoms with E-state index in [0.29, 0.717) is 24.6 Å². The number of anilines is 1. The second-order valence-corrected chi connectivity index (χ2v) is 7.57. The van der Waals surface area contributed by atoms with Crippen LogP contribution in [-0.4, -0.2) is 52.9 Å². The van der Waals surface area contributed by atoms with Crippen LogP contribution in [0.4, 0.5) is 5.82 Å². The molecule has 0 amide bonds. The Kier molecular flexibility index (Phi) is 5.23. The molecule has 0 aliphatic carbocycles. The van der Waals surface area contributed by atoms with Gasteiger partial charge in [-0.2, -0.15) is 15.6 Å². The molecule has 1 aliphatic heterocycles. The van der Waals surface area contributed by atoms with E-state index < -0.39 is 0 Å². The molecule has 162 valence electrons. The number of nitriles is 2. The number of aromatic nitrogens is 7. The third-order valence-corrected chi connectivity index (χ3v) is 5.66. The smallest absolute Gasteiger partial charge is 0.183 e. The summed E-state index contributed by atoms with van der Waals surface area (Å²) in [4.78, 5) is 22.2. The summed E-state index contributed by atoms with van der Waals surface area (Å²) in [7, 11) is 0. The van der Waals surface area contributed by atoms with E-state index in [1.165, 1.54) is 18.6 Å². The Labute approximate surface area is 188 Å². The lowest BCUT2D eigenvalue weighted by molar-refractivity contribution is 0.276. The van der Waals surface area contributed by atoms with Crippen LogP contribution in [0.25, 0.3) is 28.0 Å². The van der Waals surface area contributed by atoms with Gasteiger partial charge in [-0.1, -0.05) is 0 Å². The van der Waals surface area contributed by atoms with Crippen LogP contribution in [0.2, 0.25) is 0 Å². The van der Waals surface area contributed by atoms with E-state index in [0.717, 1.165) is 34.4 Å². The van der Waals surface area contributed by atoms with Crippen molar-refractivity contribution in [2.75, 3.05) is 18.0 Å². The third-order valence-electron chi connectivity index (χ3n) is 5.66. The van der Waals surface area contributed by atoms with E-state index in [2.05, 4.69) is 42.2 Å². The molecule has 1 fully saturated rings. The maximum absolute atomic E-state index is 9.46. The van der Waals surface area contributed by atoms with Crippen molar-refractivity contribution in [3.8, 4) is 23.4 Å². The van der Waals surface area contributed by atoms with Gasteiger partial charge < -0.3 is 15.0 Å². The molecule has 1 atom stereocenters. The molecule has 0 unspecified atom stereocenters. The largest absolute Gasteiger partial charge is 0.390 e. The summed E-state index contributed by atoms with van der Waals surface area (Å²) in [6, 6.07) is 6.10. The minimum absolute atomic E-state index is 0.000868. The lowest BCUT2D eigenvalue weighted by Gasteiger charge is -2.19. The highest BCUT2D eigenvalue weighted by molar-refractivity contribution is 5.90. The lowest BCUT2D eigenvalue weighted by atomic mass is 10.0. The minimum Gasteiger partial charge on any atom is -0.390 e. The van der Waals surface area contributed by atoms with E-state index >= 15 is 0 Å². The van der Waals surface area contributed by atoms with Crippen LogP contribution in [-0.2, 0) is 6.61 Å². The van der Waals surface area contributed by atoms with Crippen molar-refractivity contribution in [3.63, 3.8) is 0 Å². The third kappa shape index (κ3) is 3.67. The van der Waals surface area contributed by atoms with Crippen molar-refractivity contribution >= 4 is 22.5 Å². The predicted octanol–water partition coefficient (Wildman–Crippen LogP) is 1.87. The highest BCUT2D eigenvalue weighted by atomic mass is 16.3. The van der Waals surface area contributed by atoms with Crippen LogP contribution in [0.15, 0.2) is 43.3 Å². The number of nitrogens with one attached hydrogen (secondary N) is 1. The van der Waals surface area contributed by atoms with Crippen molar-refractivity contribution in [2.45, 2.75) is 13.0 Å². The molecule has 11 heteroatoms. The van der Waals surface area contributed by atoms with Crippen LogP contribution in [0.5, 0.6) is 0 Å². The zero-order valence-electron chi connectivity index (χ0n) is 17.4. The van der Waals surface area contributed by atoms with Gasteiger partial charge >= 0.3 is 0 Å². The molecule has 4 aromatic rings. The topological polar surface area (TPSA) is 156 Å². The monoisotopic (exact) mass is 438 g/mol. The Bertz CT molecular complexity index is 1440. The van der Waals surface area contributed by atoms with Crippen LogP contribution >= 0.6 is 0 Å². The second-order valence-electron chi connectivity index (χ2n) is 7.57. The zero-order chi connectivity index (χ0) is 22.8. The highest BCUT2D eigenvalue weighted by Gasteiger charge is 2.30. The number of H-pyrrole nitrogens is 1. The average Bonchev–Trinajstić information content (AvgIpc) is 3.62. The molecule has 5 heterocycles. The molecule has 0 spiro atoms. The Morgan fingerprint density at radius 1 is 1.27 bits per heavy atom. The molecule has 0 aromatic carbocycles. The minimum atomic E-state index is -0.275. The molecule has 0 saturated carbocycles. The van der Waals surface area contributed by atoms with E-state index in [4.69, 9.17) is 0 Å². The Morgan fingerprint density at radius 3 is 3.00 bits per heavy atom. The first-order valence-electron chi connectivity index (χ1n) is 10.3. The van der Waals surface area contributed by atoms with Gasteiger partial charge in [0.15, 0.2) is 11.5 Å². The number of fused-ring (bicyclic) bond motifs is 1.